The molecule has 3 fully saturated rings. The third-order valence-electron chi connectivity index (χ3n) is 4.60. The van der Waals surface area contributed by atoms with Gasteiger partial charge in [0.05, 0.1) is 0 Å². The van der Waals surface area contributed by atoms with Gasteiger partial charge in [0.25, 0.3) is 0 Å². The number of nitrogens with one attached hydrogen (secondary N) is 1. The molecule has 0 spiro atoms. The van der Waals surface area contributed by atoms with Gasteiger partial charge in [0.15, 0.2) is 0 Å². The van der Waals surface area contributed by atoms with Crippen LogP contribution in [0.3, 0.4) is 0 Å². The Kier molecular flexibility index (Phi) is 2.29. The molecule has 80 valence electrons. The van der Waals surface area contributed by atoms with Gasteiger partial charge in [-0.05, 0) is 50.1 Å². The van der Waals surface area contributed by atoms with Crippen LogP contribution in [0.4, 0.5) is 0 Å². The van der Waals surface area contributed by atoms with Crippen LogP contribution in [0.5, 0.6) is 0 Å². The monoisotopic (exact) mass is 194 g/mol. The summed E-state index contributed by atoms with van der Waals surface area (Å²) < 4.78 is 0. The summed E-state index contributed by atoms with van der Waals surface area (Å²) in [5.74, 6) is 2.94. The third-order valence-corrected chi connectivity index (χ3v) is 4.60. The SMILES string of the molecule is CC1CCC(N2C[C@H]3CNC[C@H]3C2)C1. The fourth-order valence-corrected chi connectivity index (χ4v) is 3.70. The van der Waals surface area contributed by atoms with E-state index in [1.165, 1.54) is 45.4 Å². The maximum atomic E-state index is 3.52. The molecule has 1 N–H and O–H groups in total. The summed E-state index contributed by atoms with van der Waals surface area (Å²) in [5.41, 5.74) is 0. The minimum absolute atomic E-state index is 0.940. The molecule has 0 radical (unpaired) electrons. The Balaban J connectivity index is 1.60. The van der Waals surface area contributed by atoms with E-state index in [0.29, 0.717) is 0 Å². The zero-order chi connectivity index (χ0) is 9.54. The number of hydrogen-bond acceptors (Lipinski definition) is 2. The van der Waals surface area contributed by atoms with Gasteiger partial charge in [0, 0.05) is 19.1 Å². The van der Waals surface area contributed by atoms with E-state index in [-0.39, 0.29) is 0 Å². The van der Waals surface area contributed by atoms with Crippen LogP contribution in [0.15, 0.2) is 0 Å². The van der Waals surface area contributed by atoms with Crippen molar-refractivity contribution in [1.82, 2.24) is 10.2 Å². The number of fused-ring (bicyclic) bond motifs is 1. The van der Waals surface area contributed by atoms with Crippen LogP contribution >= 0.6 is 0 Å². The molecular formula is C12H22N2. The topological polar surface area (TPSA) is 15.3 Å². The summed E-state index contributed by atoms with van der Waals surface area (Å²) in [6.45, 7) is 7.75. The van der Waals surface area contributed by atoms with Crippen molar-refractivity contribution in [3.05, 3.63) is 0 Å². The van der Waals surface area contributed by atoms with Crippen molar-refractivity contribution in [3.8, 4) is 0 Å². The van der Waals surface area contributed by atoms with Gasteiger partial charge in [0.1, 0.15) is 0 Å². The lowest BCUT2D eigenvalue weighted by Gasteiger charge is -2.24. The van der Waals surface area contributed by atoms with Gasteiger partial charge in [0.2, 0.25) is 0 Å². The molecule has 0 bridgehead atoms. The van der Waals surface area contributed by atoms with Crippen molar-refractivity contribution >= 4 is 0 Å². The molecule has 2 heteroatoms. The van der Waals surface area contributed by atoms with Crippen molar-refractivity contribution in [2.24, 2.45) is 17.8 Å². The van der Waals surface area contributed by atoms with Crippen molar-refractivity contribution in [2.45, 2.75) is 32.2 Å². The number of likely N-dealkylation sites (tertiary alicyclic amines) is 1. The predicted molar refractivity (Wildman–Crippen MR) is 58.2 cm³/mol. The lowest BCUT2D eigenvalue weighted by atomic mass is 10.0. The van der Waals surface area contributed by atoms with E-state index in [1.807, 2.05) is 0 Å². The molecule has 3 rings (SSSR count). The first kappa shape index (κ1) is 9.17. The van der Waals surface area contributed by atoms with Crippen LogP contribution in [-0.4, -0.2) is 37.1 Å². The van der Waals surface area contributed by atoms with Gasteiger partial charge in [-0.3, -0.25) is 4.90 Å². The first-order valence-electron chi connectivity index (χ1n) is 6.27. The second-order valence-electron chi connectivity index (χ2n) is 5.70. The molecule has 2 saturated heterocycles. The van der Waals surface area contributed by atoms with Crippen molar-refractivity contribution in [1.29, 1.82) is 0 Å². The van der Waals surface area contributed by atoms with Gasteiger partial charge in [-0.15, -0.1) is 0 Å². The quantitative estimate of drug-likeness (QED) is 0.677. The second kappa shape index (κ2) is 3.49. The lowest BCUT2D eigenvalue weighted by molar-refractivity contribution is 0.225. The Morgan fingerprint density at radius 2 is 1.79 bits per heavy atom. The molecule has 1 saturated carbocycles. The fraction of sp³-hybridized carbons (Fsp3) is 1.00. The van der Waals surface area contributed by atoms with E-state index in [2.05, 4.69) is 17.1 Å². The molecule has 0 aromatic rings. The molecule has 4 atom stereocenters. The highest BCUT2D eigenvalue weighted by molar-refractivity contribution is 4.95. The van der Waals surface area contributed by atoms with E-state index in [1.54, 1.807) is 0 Å². The summed E-state index contributed by atoms with van der Waals surface area (Å²) in [4.78, 5) is 2.79. The molecule has 2 nitrogen and oxygen atoms in total. The Morgan fingerprint density at radius 3 is 2.36 bits per heavy atom. The molecular weight excluding hydrogens is 172 g/mol. The summed E-state index contributed by atoms with van der Waals surface area (Å²) >= 11 is 0. The number of hydrogen-bond donors (Lipinski definition) is 1. The van der Waals surface area contributed by atoms with Crippen LogP contribution in [0.1, 0.15) is 26.2 Å². The average molecular weight is 194 g/mol. The van der Waals surface area contributed by atoms with E-state index in [0.717, 1.165) is 23.8 Å². The standard InChI is InChI=1S/C12H22N2/c1-9-2-3-12(4-9)14-7-10-5-13-6-11(10)8-14/h9-13H,2-8H2,1H3/t9?,10-,11+,12?. The third kappa shape index (κ3) is 1.49. The van der Waals surface area contributed by atoms with Crippen molar-refractivity contribution < 1.29 is 0 Å². The zero-order valence-corrected chi connectivity index (χ0v) is 9.21. The van der Waals surface area contributed by atoms with Gasteiger partial charge < -0.3 is 5.32 Å². The van der Waals surface area contributed by atoms with E-state index in [4.69, 9.17) is 0 Å². The normalized spacial score (nSPS) is 48.6. The van der Waals surface area contributed by atoms with Crippen molar-refractivity contribution in [3.63, 3.8) is 0 Å². The lowest BCUT2D eigenvalue weighted by Crippen LogP contribution is -2.34. The Bertz CT molecular complexity index is 204. The minimum Gasteiger partial charge on any atom is -0.316 e. The molecule has 0 amide bonds. The highest BCUT2D eigenvalue weighted by Crippen LogP contribution is 2.35. The number of rotatable bonds is 1. The Hall–Kier alpha value is -0.0800. The van der Waals surface area contributed by atoms with Crippen molar-refractivity contribution in [2.75, 3.05) is 26.2 Å². The van der Waals surface area contributed by atoms with E-state index >= 15 is 0 Å². The smallest absolute Gasteiger partial charge is 0.00981 e. The largest absolute Gasteiger partial charge is 0.316 e. The zero-order valence-electron chi connectivity index (χ0n) is 9.21. The van der Waals surface area contributed by atoms with Gasteiger partial charge in [-0.1, -0.05) is 6.92 Å². The second-order valence-corrected chi connectivity index (χ2v) is 5.70. The highest BCUT2D eigenvalue weighted by Gasteiger charge is 2.39. The summed E-state index contributed by atoms with van der Waals surface area (Å²) in [6, 6.07) is 0.940. The molecule has 14 heavy (non-hydrogen) atoms. The number of nitrogens with zero attached hydrogens (tertiary/aromatic N) is 1. The highest BCUT2D eigenvalue weighted by atomic mass is 15.2. The summed E-state index contributed by atoms with van der Waals surface area (Å²) in [6.07, 6.45) is 4.40. The Labute approximate surface area is 87.0 Å². The van der Waals surface area contributed by atoms with Crippen LogP contribution in [0.2, 0.25) is 0 Å². The summed E-state index contributed by atoms with van der Waals surface area (Å²) in [5, 5.41) is 3.52. The predicted octanol–water partition coefficient (Wildman–Crippen LogP) is 1.33. The molecule has 1 aliphatic carbocycles. The van der Waals surface area contributed by atoms with Crippen LogP contribution in [0.25, 0.3) is 0 Å². The first-order chi connectivity index (χ1) is 6.83. The molecule has 0 aromatic heterocycles. The first-order valence-corrected chi connectivity index (χ1v) is 6.27. The minimum atomic E-state index is 0.940. The fourth-order valence-electron chi connectivity index (χ4n) is 3.70. The summed E-state index contributed by atoms with van der Waals surface area (Å²) in [7, 11) is 0. The maximum absolute atomic E-state index is 3.52. The van der Waals surface area contributed by atoms with Crippen LogP contribution in [-0.2, 0) is 0 Å². The van der Waals surface area contributed by atoms with Crippen LogP contribution < -0.4 is 5.32 Å². The molecule has 0 aromatic carbocycles. The molecule has 2 heterocycles. The van der Waals surface area contributed by atoms with E-state index < -0.39 is 0 Å². The Morgan fingerprint density at radius 1 is 1.07 bits per heavy atom. The average Bonchev–Trinajstić information content (AvgIpc) is 2.75. The molecule has 2 aliphatic heterocycles. The maximum Gasteiger partial charge on any atom is 0.00981 e. The van der Waals surface area contributed by atoms with Gasteiger partial charge in [-0.25, -0.2) is 0 Å². The van der Waals surface area contributed by atoms with Gasteiger partial charge in [-0.2, -0.15) is 0 Å². The van der Waals surface area contributed by atoms with Crippen LogP contribution in [0, 0.1) is 17.8 Å². The molecule has 3 aliphatic rings. The van der Waals surface area contributed by atoms with Gasteiger partial charge >= 0.3 is 0 Å². The molecule has 2 unspecified atom stereocenters. The van der Waals surface area contributed by atoms with E-state index in [9.17, 15) is 0 Å².